The van der Waals surface area contributed by atoms with Crippen molar-refractivity contribution in [1.29, 1.82) is 0 Å². The highest BCUT2D eigenvalue weighted by Gasteiger charge is 2.15. The maximum atomic E-state index is 12.3. The van der Waals surface area contributed by atoms with Crippen LogP contribution in [-0.4, -0.2) is 23.8 Å². The highest BCUT2D eigenvalue weighted by molar-refractivity contribution is 5.96. The Balaban J connectivity index is 1.71. The Labute approximate surface area is 157 Å². The molecule has 0 bridgehead atoms. The first-order valence-corrected chi connectivity index (χ1v) is 8.48. The zero-order chi connectivity index (χ0) is 19.4. The van der Waals surface area contributed by atoms with Crippen LogP contribution in [0.4, 0.5) is 5.69 Å². The first-order chi connectivity index (χ1) is 13.0. The van der Waals surface area contributed by atoms with Crippen molar-refractivity contribution in [2.75, 3.05) is 12.4 Å². The highest BCUT2D eigenvalue weighted by atomic mass is 16.5. The molecule has 0 atom stereocenters. The van der Waals surface area contributed by atoms with E-state index in [-0.39, 0.29) is 18.1 Å². The molecular weight excluding hydrogens is 344 g/mol. The van der Waals surface area contributed by atoms with Crippen LogP contribution in [-0.2, 0) is 11.2 Å². The summed E-state index contributed by atoms with van der Waals surface area (Å²) in [6, 6.07) is 14.1. The van der Waals surface area contributed by atoms with Gasteiger partial charge in [-0.2, -0.15) is 0 Å². The summed E-state index contributed by atoms with van der Waals surface area (Å²) in [5, 5.41) is 2.80. The summed E-state index contributed by atoms with van der Waals surface area (Å²) in [6.45, 7) is 3.28. The maximum absolute atomic E-state index is 12.3. The number of carbonyl (C=O) groups excluding carboxylic acids is 2. The Hall–Kier alpha value is -3.41. The molecule has 0 unspecified atom stereocenters. The summed E-state index contributed by atoms with van der Waals surface area (Å²) < 4.78 is 10.9. The van der Waals surface area contributed by atoms with Gasteiger partial charge in [0.05, 0.1) is 19.2 Å². The number of ether oxygens (including phenoxy) is 1. The van der Waals surface area contributed by atoms with Crippen molar-refractivity contribution in [2.24, 2.45) is 0 Å². The van der Waals surface area contributed by atoms with E-state index in [0.717, 1.165) is 5.56 Å². The van der Waals surface area contributed by atoms with E-state index in [0.29, 0.717) is 34.3 Å². The van der Waals surface area contributed by atoms with Gasteiger partial charge in [0, 0.05) is 16.8 Å². The van der Waals surface area contributed by atoms with Gasteiger partial charge in [-0.3, -0.25) is 9.59 Å². The second-order valence-electron chi connectivity index (χ2n) is 6.11. The zero-order valence-electron chi connectivity index (χ0n) is 15.4. The van der Waals surface area contributed by atoms with E-state index in [4.69, 9.17) is 9.15 Å². The van der Waals surface area contributed by atoms with Gasteiger partial charge < -0.3 is 14.5 Å². The molecule has 0 saturated heterocycles. The van der Waals surface area contributed by atoms with E-state index >= 15 is 0 Å². The van der Waals surface area contributed by atoms with E-state index in [9.17, 15) is 9.59 Å². The van der Waals surface area contributed by atoms with Crippen LogP contribution >= 0.6 is 0 Å². The van der Waals surface area contributed by atoms with Crippen LogP contribution in [0.5, 0.6) is 5.75 Å². The average molecular weight is 364 g/mol. The number of nitrogens with one attached hydrogen (secondary N) is 1. The topological polar surface area (TPSA) is 81.4 Å². The van der Waals surface area contributed by atoms with Gasteiger partial charge >= 0.3 is 0 Å². The Morgan fingerprint density at radius 2 is 1.89 bits per heavy atom. The number of aromatic nitrogens is 1. The predicted octanol–water partition coefficient (Wildman–Crippen LogP) is 4.04. The number of ketones is 1. The zero-order valence-corrected chi connectivity index (χ0v) is 15.4. The third-order valence-corrected chi connectivity index (χ3v) is 4.11. The fourth-order valence-corrected chi connectivity index (χ4v) is 2.62. The molecule has 3 rings (SSSR count). The van der Waals surface area contributed by atoms with Crippen LogP contribution in [0.2, 0.25) is 0 Å². The van der Waals surface area contributed by atoms with E-state index in [1.54, 1.807) is 38.3 Å². The summed E-state index contributed by atoms with van der Waals surface area (Å²) in [7, 11) is 1.60. The number of hydrogen-bond donors (Lipinski definition) is 1. The number of nitrogens with zero attached hydrogens (tertiary/aromatic N) is 1. The lowest BCUT2D eigenvalue weighted by atomic mass is 10.1. The lowest BCUT2D eigenvalue weighted by Crippen LogP contribution is -2.15. The normalized spacial score (nSPS) is 10.5. The quantitative estimate of drug-likeness (QED) is 0.668. The van der Waals surface area contributed by atoms with Crippen molar-refractivity contribution >= 4 is 17.4 Å². The minimum atomic E-state index is -0.209. The van der Waals surface area contributed by atoms with E-state index in [2.05, 4.69) is 10.3 Å². The third-order valence-electron chi connectivity index (χ3n) is 4.11. The largest absolute Gasteiger partial charge is 0.497 e. The second kappa shape index (κ2) is 7.86. The molecule has 0 aliphatic rings. The van der Waals surface area contributed by atoms with Crippen LogP contribution < -0.4 is 10.1 Å². The van der Waals surface area contributed by atoms with Crippen molar-refractivity contribution < 1.29 is 18.7 Å². The van der Waals surface area contributed by atoms with E-state index in [1.165, 1.54) is 6.92 Å². The van der Waals surface area contributed by atoms with Gasteiger partial charge in [0.1, 0.15) is 11.5 Å². The number of hydrogen-bond acceptors (Lipinski definition) is 5. The molecule has 27 heavy (non-hydrogen) atoms. The van der Waals surface area contributed by atoms with Crippen LogP contribution in [0.1, 0.15) is 28.7 Å². The summed E-state index contributed by atoms with van der Waals surface area (Å²) in [5.74, 6) is 1.52. The van der Waals surface area contributed by atoms with Gasteiger partial charge in [-0.1, -0.05) is 6.07 Å². The molecule has 1 aromatic heterocycles. The summed E-state index contributed by atoms with van der Waals surface area (Å²) in [6.07, 6.45) is 0.0910. The Bertz CT molecular complexity index is 974. The molecule has 6 heteroatoms. The minimum absolute atomic E-state index is 0.0174. The Kier molecular flexibility index (Phi) is 5.35. The van der Waals surface area contributed by atoms with Crippen LogP contribution in [0.15, 0.2) is 52.9 Å². The van der Waals surface area contributed by atoms with Crippen LogP contribution in [0.25, 0.3) is 11.5 Å². The molecule has 2 aromatic carbocycles. The van der Waals surface area contributed by atoms with Crippen molar-refractivity contribution in [3.05, 3.63) is 65.5 Å². The Morgan fingerprint density at radius 1 is 1.15 bits per heavy atom. The standard InChI is InChI=1S/C21H20N2O4/c1-13(24)15-7-9-17(10-8-15)22-20(25)12-19-14(2)27-21(23-19)16-5-4-6-18(11-16)26-3/h4-11H,12H2,1-3H3,(H,22,25). The van der Waals surface area contributed by atoms with Gasteiger partial charge in [-0.25, -0.2) is 4.98 Å². The number of rotatable bonds is 6. The summed E-state index contributed by atoms with van der Waals surface area (Å²) in [4.78, 5) is 28.1. The number of oxazole rings is 1. The SMILES string of the molecule is COc1cccc(-c2nc(CC(=O)Nc3ccc(C(C)=O)cc3)c(C)o2)c1. The smallest absolute Gasteiger partial charge is 0.230 e. The van der Waals surface area contributed by atoms with Crippen LogP contribution in [0, 0.1) is 6.92 Å². The molecule has 0 fully saturated rings. The number of carbonyl (C=O) groups is 2. The molecular formula is C21H20N2O4. The molecule has 138 valence electrons. The second-order valence-corrected chi connectivity index (χ2v) is 6.11. The molecule has 0 aliphatic heterocycles. The van der Waals surface area contributed by atoms with Gasteiger partial charge in [0.2, 0.25) is 11.8 Å². The van der Waals surface area contributed by atoms with E-state index < -0.39 is 0 Å². The molecule has 6 nitrogen and oxygen atoms in total. The van der Waals surface area contributed by atoms with Gasteiger partial charge in [-0.15, -0.1) is 0 Å². The number of methoxy groups -OCH3 is 1. The average Bonchev–Trinajstić information content (AvgIpc) is 3.02. The molecule has 0 radical (unpaired) electrons. The number of benzene rings is 2. The number of amides is 1. The molecule has 0 spiro atoms. The van der Waals surface area contributed by atoms with E-state index in [1.807, 2.05) is 24.3 Å². The highest BCUT2D eigenvalue weighted by Crippen LogP contribution is 2.25. The minimum Gasteiger partial charge on any atom is -0.497 e. The van der Waals surface area contributed by atoms with Crippen molar-refractivity contribution in [1.82, 2.24) is 4.98 Å². The van der Waals surface area contributed by atoms with Crippen molar-refractivity contribution in [3.63, 3.8) is 0 Å². The maximum Gasteiger partial charge on any atom is 0.230 e. The number of Topliss-reactive ketones (excluding diaryl/α,β-unsaturated/α-hetero) is 1. The fraction of sp³-hybridized carbons (Fsp3) is 0.190. The first-order valence-electron chi connectivity index (χ1n) is 8.48. The molecule has 3 aromatic rings. The summed E-state index contributed by atoms with van der Waals surface area (Å²) in [5.41, 5.74) is 2.58. The van der Waals surface area contributed by atoms with Crippen molar-refractivity contribution in [2.45, 2.75) is 20.3 Å². The molecule has 0 saturated carbocycles. The lowest BCUT2D eigenvalue weighted by Gasteiger charge is -2.05. The summed E-state index contributed by atoms with van der Waals surface area (Å²) >= 11 is 0. The molecule has 1 heterocycles. The molecule has 1 amide bonds. The van der Waals surface area contributed by atoms with Crippen molar-refractivity contribution in [3.8, 4) is 17.2 Å². The molecule has 0 aliphatic carbocycles. The van der Waals surface area contributed by atoms with Crippen LogP contribution in [0.3, 0.4) is 0 Å². The Morgan fingerprint density at radius 3 is 2.56 bits per heavy atom. The number of anilines is 1. The first kappa shape index (κ1) is 18.4. The van der Waals surface area contributed by atoms with Gasteiger partial charge in [0.25, 0.3) is 0 Å². The van der Waals surface area contributed by atoms with Gasteiger partial charge in [-0.05, 0) is 56.3 Å². The number of aryl methyl sites for hydroxylation is 1. The third kappa shape index (κ3) is 4.41. The lowest BCUT2D eigenvalue weighted by molar-refractivity contribution is -0.115. The predicted molar refractivity (Wildman–Crippen MR) is 102 cm³/mol. The monoisotopic (exact) mass is 364 g/mol. The van der Waals surface area contributed by atoms with Gasteiger partial charge in [0.15, 0.2) is 5.78 Å². The fourth-order valence-electron chi connectivity index (χ4n) is 2.62. The molecule has 1 N–H and O–H groups in total.